The lowest BCUT2D eigenvalue weighted by Gasteiger charge is -2.16. The third-order valence-corrected chi connectivity index (χ3v) is 15.0. The van der Waals surface area contributed by atoms with Gasteiger partial charge in [0.25, 0.3) is 0 Å². The Morgan fingerprint density at radius 3 is 1.11 bits per heavy atom. The molecule has 2 aliphatic carbocycles. The van der Waals surface area contributed by atoms with Gasteiger partial charge in [0.2, 0.25) is 0 Å². The van der Waals surface area contributed by atoms with Crippen LogP contribution in [0.1, 0.15) is 35.4 Å². The molecule has 13 aromatic rings. The molecule has 2 aliphatic rings. The van der Waals surface area contributed by atoms with E-state index in [2.05, 4.69) is 225 Å². The predicted molar refractivity (Wildman–Crippen MR) is 290 cm³/mol. The summed E-state index contributed by atoms with van der Waals surface area (Å²) in [6, 6.07) is 66.3. The second kappa shape index (κ2) is 15.3. The van der Waals surface area contributed by atoms with Crippen LogP contribution < -0.4 is 0 Å². The molecular formula is C64H44N6. The predicted octanol–water partition coefficient (Wildman–Crippen LogP) is 15.8. The zero-order valence-electron chi connectivity index (χ0n) is 38.3. The molecule has 0 saturated carbocycles. The van der Waals surface area contributed by atoms with E-state index in [9.17, 15) is 0 Å². The largest absolute Gasteiger partial charge is 0.311 e. The first kappa shape index (κ1) is 39.0. The number of aromatic nitrogens is 6. The molecule has 0 aliphatic heterocycles. The Labute approximate surface area is 404 Å². The first-order valence-electron chi connectivity index (χ1n) is 24.4. The third-order valence-electron chi connectivity index (χ3n) is 15.0. The van der Waals surface area contributed by atoms with Crippen molar-refractivity contribution in [1.29, 1.82) is 0 Å². The van der Waals surface area contributed by atoms with E-state index in [0.29, 0.717) is 0 Å². The highest BCUT2D eigenvalue weighted by molar-refractivity contribution is 6.21. The lowest BCUT2D eigenvalue weighted by atomic mass is 10.0. The van der Waals surface area contributed by atoms with Crippen molar-refractivity contribution in [2.45, 2.75) is 25.7 Å². The van der Waals surface area contributed by atoms with E-state index < -0.39 is 0 Å². The van der Waals surface area contributed by atoms with Crippen molar-refractivity contribution in [1.82, 2.24) is 28.2 Å². The molecule has 5 heterocycles. The Kier molecular flexibility index (Phi) is 8.51. The molecule has 0 saturated heterocycles. The Bertz CT molecular complexity index is 4010. The lowest BCUT2D eigenvalue weighted by Crippen LogP contribution is -2.04. The van der Waals surface area contributed by atoms with E-state index in [0.717, 1.165) is 70.9 Å². The first-order valence-corrected chi connectivity index (χ1v) is 24.4. The Hall–Kier alpha value is -9.00. The quantitative estimate of drug-likeness (QED) is 0.167. The molecule has 0 unspecified atom stereocenters. The fourth-order valence-electron chi connectivity index (χ4n) is 11.9. The lowest BCUT2D eigenvalue weighted by molar-refractivity contribution is 0.889. The summed E-state index contributed by atoms with van der Waals surface area (Å²) in [5.41, 5.74) is 21.0. The Balaban J connectivity index is 0.803. The second-order valence-corrected chi connectivity index (χ2v) is 18.7. The molecule has 15 rings (SSSR count). The zero-order chi connectivity index (χ0) is 45.9. The van der Waals surface area contributed by atoms with Crippen molar-refractivity contribution in [2.24, 2.45) is 0 Å². The number of benzene rings is 8. The standard InChI is InChI=1S/C64H44N6/c1-3-15-43(16-4-1)67-57-23-11-7-19-47(57)51-35-37-53-49-21-9-13-25-59(49)69(63(53)61(51)67)45-31-27-41(28-32-45)55-39-66-56(40-65-55)42-29-33-46(34-30-42)70-60-26-14-10-22-50(60)54-38-36-52-48-20-8-12-24-58(48)68(62(52)64(54)70)44-17-5-2-6-18-44/h1-12,15-24,27-40H,13-14,25-26H2. The van der Waals surface area contributed by atoms with Crippen LogP contribution in [0.4, 0.5) is 0 Å². The fourth-order valence-corrected chi connectivity index (χ4v) is 11.9. The highest BCUT2D eigenvalue weighted by Crippen LogP contribution is 2.44. The van der Waals surface area contributed by atoms with Crippen LogP contribution in [0.15, 0.2) is 207 Å². The Morgan fingerprint density at radius 1 is 0.314 bits per heavy atom. The molecule has 6 nitrogen and oxygen atoms in total. The van der Waals surface area contributed by atoms with Crippen LogP contribution in [0.3, 0.4) is 0 Å². The van der Waals surface area contributed by atoms with E-state index in [1.165, 1.54) is 87.9 Å². The molecular weight excluding hydrogens is 853 g/mol. The molecule has 0 N–H and O–H groups in total. The SMILES string of the molecule is C1=Cc2c(n(-c3ccc(-c4cnc(-c5ccc(-n6c7c(c8ccc9c%10ccccc%10n(-c%10ccccc%10)c9c86)C=CCC7)cc5)cn4)cc3)c3c2ccc2c4ccccc4n(-c4ccccc4)c23)CC1. The van der Waals surface area contributed by atoms with E-state index in [4.69, 9.17) is 9.97 Å². The zero-order valence-corrected chi connectivity index (χ0v) is 38.3. The van der Waals surface area contributed by atoms with Gasteiger partial charge in [-0.3, -0.25) is 9.97 Å². The number of para-hydroxylation sites is 4. The normalized spacial score (nSPS) is 13.4. The van der Waals surface area contributed by atoms with E-state index >= 15 is 0 Å². The molecule has 5 aromatic heterocycles. The van der Waals surface area contributed by atoms with Gasteiger partial charge in [-0.1, -0.05) is 146 Å². The summed E-state index contributed by atoms with van der Waals surface area (Å²) in [7, 11) is 0. The van der Waals surface area contributed by atoms with Crippen LogP contribution in [0.5, 0.6) is 0 Å². The molecule has 8 aromatic carbocycles. The summed E-state index contributed by atoms with van der Waals surface area (Å²) in [5.74, 6) is 0. The van der Waals surface area contributed by atoms with Crippen molar-refractivity contribution >= 4 is 77.6 Å². The number of rotatable bonds is 6. The number of fused-ring (bicyclic) bond motifs is 14. The van der Waals surface area contributed by atoms with Gasteiger partial charge >= 0.3 is 0 Å². The summed E-state index contributed by atoms with van der Waals surface area (Å²) >= 11 is 0. The van der Waals surface area contributed by atoms with Gasteiger partial charge in [-0.15, -0.1) is 0 Å². The maximum Gasteiger partial charge on any atom is 0.0885 e. The van der Waals surface area contributed by atoms with Crippen molar-refractivity contribution < 1.29 is 0 Å². The molecule has 0 radical (unpaired) electrons. The molecule has 0 fully saturated rings. The summed E-state index contributed by atoms with van der Waals surface area (Å²) in [6.07, 6.45) is 17.1. The summed E-state index contributed by atoms with van der Waals surface area (Å²) < 4.78 is 9.95. The van der Waals surface area contributed by atoms with E-state index in [1.807, 2.05) is 12.4 Å². The number of hydrogen-bond donors (Lipinski definition) is 0. The molecule has 0 bridgehead atoms. The van der Waals surface area contributed by atoms with Gasteiger partial charge in [0.05, 0.1) is 56.9 Å². The van der Waals surface area contributed by atoms with Crippen LogP contribution in [0, 0.1) is 0 Å². The van der Waals surface area contributed by atoms with Crippen LogP contribution in [-0.2, 0) is 12.8 Å². The van der Waals surface area contributed by atoms with Crippen molar-refractivity contribution in [3.8, 4) is 45.3 Å². The van der Waals surface area contributed by atoms with Gasteiger partial charge in [0.15, 0.2) is 0 Å². The number of allylic oxidation sites excluding steroid dienone is 2. The first-order chi connectivity index (χ1) is 34.8. The summed E-state index contributed by atoms with van der Waals surface area (Å²) in [5, 5.41) is 7.59. The molecule has 0 atom stereocenters. The van der Waals surface area contributed by atoms with Gasteiger partial charge in [-0.25, -0.2) is 0 Å². The number of nitrogens with zero attached hydrogens (tertiary/aromatic N) is 6. The third kappa shape index (κ3) is 5.68. The molecule has 70 heavy (non-hydrogen) atoms. The van der Waals surface area contributed by atoms with Gasteiger partial charge in [0.1, 0.15) is 0 Å². The fraction of sp³-hybridized carbons (Fsp3) is 0.0625. The van der Waals surface area contributed by atoms with Crippen LogP contribution >= 0.6 is 0 Å². The highest BCUT2D eigenvalue weighted by Gasteiger charge is 2.26. The minimum Gasteiger partial charge on any atom is -0.311 e. The van der Waals surface area contributed by atoms with Crippen molar-refractivity contribution in [3.05, 3.63) is 229 Å². The van der Waals surface area contributed by atoms with Crippen LogP contribution in [0.25, 0.3) is 123 Å². The minimum absolute atomic E-state index is 0.845. The monoisotopic (exact) mass is 896 g/mol. The summed E-state index contributed by atoms with van der Waals surface area (Å²) in [6.45, 7) is 0. The number of hydrogen-bond acceptors (Lipinski definition) is 2. The van der Waals surface area contributed by atoms with Gasteiger partial charge in [-0.05, 0) is 86.3 Å². The average molecular weight is 897 g/mol. The highest BCUT2D eigenvalue weighted by atomic mass is 15.1. The average Bonchev–Trinajstić information content (AvgIpc) is 4.17. The maximum absolute atomic E-state index is 5.02. The van der Waals surface area contributed by atoms with E-state index in [1.54, 1.807) is 0 Å². The molecule has 0 spiro atoms. The topological polar surface area (TPSA) is 45.5 Å². The minimum atomic E-state index is 0.845. The molecule has 0 amide bonds. The van der Waals surface area contributed by atoms with Crippen LogP contribution in [-0.4, -0.2) is 28.2 Å². The summed E-state index contributed by atoms with van der Waals surface area (Å²) in [4.78, 5) is 10.0. The molecule has 6 heteroatoms. The smallest absolute Gasteiger partial charge is 0.0885 e. The molecule has 330 valence electrons. The van der Waals surface area contributed by atoms with Crippen molar-refractivity contribution in [3.63, 3.8) is 0 Å². The van der Waals surface area contributed by atoms with E-state index in [-0.39, 0.29) is 0 Å². The van der Waals surface area contributed by atoms with Gasteiger partial charge in [0, 0.05) is 88.7 Å². The van der Waals surface area contributed by atoms with Gasteiger partial charge < -0.3 is 18.3 Å². The van der Waals surface area contributed by atoms with Crippen LogP contribution in [0.2, 0.25) is 0 Å². The van der Waals surface area contributed by atoms with Crippen molar-refractivity contribution in [2.75, 3.05) is 0 Å². The van der Waals surface area contributed by atoms with Gasteiger partial charge in [-0.2, -0.15) is 0 Å². The second-order valence-electron chi connectivity index (χ2n) is 18.7. The Morgan fingerprint density at radius 2 is 0.686 bits per heavy atom. The maximum atomic E-state index is 5.02.